The number of aliphatic imine (C=N–C) groups is 1. The van der Waals surface area contributed by atoms with E-state index < -0.39 is 15.7 Å². The van der Waals surface area contributed by atoms with Gasteiger partial charge in [0.15, 0.2) is 5.84 Å². The SMILES string of the molecule is Cc1cccc(C)c1-n1c(C)cc(/C=C2/C(=N)N3N=C(S(C)(=O)=O)SC3=NC2=O)c1C. The van der Waals surface area contributed by atoms with Gasteiger partial charge in [0, 0.05) is 17.6 Å². The number of hydrogen-bond acceptors (Lipinski definition) is 6. The summed E-state index contributed by atoms with van der Waals surface area (Å²) in [7, 11) is -3.57. The lowest BCUT2D eigenvalue weighted by molar-refractivity contribution is -0.114. The summed E-state index contributed by atoms with van der Waals surface area (Å²) in [5.41, 5.74) is 6.12. The Balaban J connectivity index is 1.80. The average molecular weight is 456 g/mol. The highest BCUT2D eigenvalue weighted by Gasteiger charge is 2.38. The molecule has 8 nitrogen and oxygen atoms in total. The number of nitrogens with one attached hydrogen (secondary N) is 1. The number of amides is 1. The van der Waals surface area contributed by atoms with Crippen LogP contribution >= 0.6 is 11.8 Å². The van der Waals surface area contributed by atoms with Gasteiger partial charge in [0.05, 0.1) is 11.3 Å². The van der Waals surface area contributed by atoms with Gasteiger partial charge >= 0.3 is 0 Å². The Bertz CT molecular complexity index is 1340. The summed E-state index contributed by atoms with van der Waals surface area (Å²) in [5, 5.41) is 13.6. The molecule has 0 spiro atoms. The minimum atomic E-state index is -3.57. The van der Waals surface area contributed by atoms with E-state index in [-0.39, 0.29) is 21.0 Å². The molecule has 2 aromatic rings. The summed E-state index contributed by atoms with van der Waals surface area (Å²) in [6.07, 6.45) is 2.65. The number of para-hydroxylation sites is 1. The minimum Gasteiger partial charge on any atom is -0.317 e. The fraction of sp³-hybridized carbons (Fsp3) is 0.238. The molecule has 0 atom stereocenters. The summed E-state index contributed by atoms with van der Waals surface area (Å²) < 4.78 is 25.6. The lowest BCUT2D eigenvalue weighted by Crippen LogP contribution is -2.35. The Kier molecular flexibility index (Phi) is 5.01. The monoisotopic (exact) mass is 455 g/mol. The van der Waals surface area contributed by atoms with E-state index in [1.165, 1.54) is 0 Å². The number of hydrogen-bond donors (Lipinski definition) is 1. The Morgan fingerprint density at radius 2 is 1.77 bits per heavy atom. The summed E-state index contributed by atoms with van der Waals surface area (Å²) in [5.74, 6) is -0.788. The largest absolute Gasteiger partial charge is 0.317 e. The van der Waals surface area contributed by atoms with Gasteiger partial charge in [-0.2, -0.15) is 10.0 Å². The maximum atomic E-state index is 12.6. The van der Waals surface area contributed by atoms with Crippen molar-refractivity contribution in [2.24, 2.45) is 10.1 Å². The van der Waals surface area contributed by atoms with Crippen LogP contribution in [0.4, 0.5) is 0 Å². The quantitative estimate of drug-likeness (QED) is 0.699. The average Bonchev–Trinajstić information content (AvgIpc) is 3.21. The van der Waals surface area contributed by atoms with Gasteiger partial charge in [-0.05, 0) is 68.3 Å². The maximum absolute atomic E-state index is 12.6. The number of amidine groups is 2. The third-order valence-corrected chi connectivity index (χ3v) is 7.76. The van der Waals surface area contributed by atoms with Gasteiger partial charge in [0.25, 0.3) is 5.91 Å². The summed E-state index contributed by atoms with van der Waals surface area (Å²) in [6.45, 7) is 8.06. The first-order valence-corrected chi connectivity index (χ1v) is 12.2. The van der Waals surface area contributed by atoms with Crippen molar-refractivity contribution in [3.63, 3.8) is 0 Å². The fourth-order valence-corrected chi connectivity index (χ4v) is 5.40. The molecule has 4 rings (SSSR count). The topological polar surface area (TPSA) is 108 Å². The van der Waals surface area contributed by atoms with Crippen LogP contribution in [0.1, 0.15) is 28.1 Å². The van der Waals surface area contributed by atoms with Gasteiger partial charge in [-0.1, -0.05) is 18.2 Å². The normalized spacial score (nSPS) is 17.8. The first-order valence-electron chi connectivity index (χ1n) is 9.45. The summed E-state index contributed by atoms with van der Waals surface area (Å²) in [4.78, 5) is 16.6. The Labute approximate surface area is 184 Å². The van der Waals surface area contributed by atoms with Crippen LogP contribution in [0.3, 0.4) is 0 Å². The van der Waals surface area contributed by atoms with Crippen LogP contribution in [0.2, 0.25) is 0 Å². The number of carbonyl (C=O) groups excluding carboxylic acids is 1. The molecule has 0 unspecified atom stereocenters. The smallest absolute Gasteiger partial charge is 0.283 e. The fourth-order valence-electron chi connectivity index (χ4n) is 3.72. The lowest BCUT2D eigenvalue weighted by Gasteiger charge is -2.20. The van der Waals surface area contributed by atoms with Crippen LogP contribution in [-0.2, 0) is 14.6 Å². The molecule has 3 heterocycles. The van der Waals surface area contributed by atoms with Crippen LogP contribution in [0.25, 0.3) is 11.8 Å². The van der Waals surface area contributed by atoms with Gasteiger partial charge in [-0.15, -0.1) is 5.10 Å². The van der Waals surface area contributed by atoms with Crippen molar-refractivity contribution < 1.29 is 13.2 Å². The molecule has 1 N–H and O–H groups in total. The third kappa shape index (κ3) is 3.55. The molecule has 10 heteroatoms. The van der Waals surface area contributed by atoms with Crippen molar-refractivity contribution in [1.29, 1.82) is 5.41 Å². The first-order chi connectivity index (χ1) is 14.5. The van der Waals surface area contributed by atoms with Crippen LogP contribution in [0, 0.1) is 33.1 Å². The molecule has 2 aliphatic rings. The van der Waals surface area contributed by atoms with Gasteiger partial charge in [-0.3, -0.25) is 10.2 Å². The Morgan fingerprint density at radius 1 is 1.13 bits per heavy atom. The van der Waals surface area contributed by atoms with Crippen LogP contribution in [0.5, 0.6) is 0 Å². The standard InChI is InChI=1S/C21H21N5O3S2/c1-11-7-6-8-12(2)17(11)25-13(3)9-15(14(25)4)10-16-18(22)26-20(23-19(16)27)30-21(24-26)31(5,28)29/h6-10,22H,1-5H3/b16-10-,22-18?. The number of aryl methyl sites for hydroxylation is 3. The first kappa shape index (κ1) is 21.3. The van der Waals surface area contributed by atoms with E-state index in [2.05, 4.69) is 40.6 Å². The van der Waals surface area contributed by atoms with Gasteiger partial charge < -0.3 is 4.57 Å². The number of nitrogens with zero attached hydrogens (tertiary/aromatic N) is 4. The van der Waals surface area contributed by atoms with Gasteiger partial charge in [0.1, 0.15) is 0 Å². The summed E-state index contributed by atoms with van der Waals surface area (Å²) >= 11 is 0.773. The zero-order chi connectivity index (χ0) is 22.7. The highest BCUT2D eigenvalue weighted by atomic mass is 32.3. The molecule has 1 amide bonds. The van der Waals surface area contributed by atoms with E-state index in [4.69, 9.17) is 5.41 Å². The Morgan fingerprint density at radius 3 is 2.39 bits per heavy atom. The van der Waals surface area contributed by atoms with Crippen molar-refractivity contribution in [2.75, 3.05) is 6.26 Å². The molecule has 160 valence electrons. The van der Waals surface area contributed by atoms with Crippen molar-refractivity contribution in [3.05, 3.63) is 57.9 Å². The number of thioether (sulfide) groups is 1. The van der Waals surface area contributed by atoms with E-state index >= 15 is 0 Å². The van der Waals surface area contributed by atoms with Crippen LogP contribution in [-0.4, -0.2) is 45.5 Å². The number of fused-ring (bicyclic) bond motifs is 1. The van der Waals surface area contributed by atoms with E-state index in [0.29, 0.717) is 0 Å². The molecule has 0 radical (unpaired) electrons. The zero-order valence-electron chi connectivity index (χ0n) is 17.7. The van der Waals surface area contributed by atoms with Gasteiger partial charge in [-0.25, -0.2) is 8.42 Å². The predicted molar refractivity (Wildman–Crippen MR) is 125 cm³/mol. The summed E-state index contributed by atoms with van der Waals surface area (Å²) in [6, 6.07) is 8.08. The number of rotatable bonds is 2. The second kappa shape index (κ2) is 7.31. The molecule has 0 aliphatic carbocycles. The number of benzene rings is 1. The molecule has 1 aromatic heterocycles. The number of hydrazone groups is 1. The second-order valence-electron chi connectivity index (χ2n) is 7.56. The maximum Gasteiger partial charge on any atom is 0.283 e. The highest BCUT2D eigenvalue weighted by Crippen LogP contribution is 2.31. The molecular weight excluding hydrogens is 434 g/mol. The van der Waals surface area contributed by atoms with Crippen molar-refractivity contribution in [1.82, 2.24) is 9.58 Å². The molecule has 31 heavy (non-hydrogen) atoms. The molecule has 0 saturated heterocycles. The highest BCUT2D eigenvalue weighted by molar-refractivity contribution is 8.42. The minimum absolute atomic E-state index is 0.0598. The molecule has 1 aromatic carbocycles. The molecule has 0 saturated carbocycles. The van der Waals surface area contributed by atoms with E-state index in [0.717, 1.165) is 56.8 Å². The predicted octanol–water partition coefficient (Wildman–Crippen LogP) is 3.33. The molecular formula is C21H21N5O3S2. The lowest BCUT2D eigenvalue weighted by atomic mass is 10.1. The number of sulfone groups is 1. The third-order valence-electron chi connectivity index (χ3n) is 5.19. The molecule has 0 fully saturated rings. The van der Waals surface area contributed by atoms with Crippen molar-refractivity contribution in [3.8, 4) is 5.69 Å². The second-order valence-corrected chi connectivity index (χ2v) is 10.7. The van der Waals surface area contributed by atoms with Crippen molar-refractivity contribution in [2.45, 2.75) is 27.7 Å². The van der Waals surface area contributed by atoms with Gasteiger partial charge in [0.2, 0.25) is 19.4 Å². The van der Waals surface area contributed by atoms with E-state index in [1.807, 2.05) is 26.0 Å². The zero-order valence-corrected chi connectivity index (χ0v) is 19.3. The van der Waals surface area contributed by atoms with Crippen LogP contribution < -0.4 is 0 Å². The Hall–Kier alpha value is -2.98. The van der Waals surface area contributed by atoms with E-state index in [1.54, 1.807) is 6.08 Å². The molecule has 2 aliphatic heterocycles. The van der Waals surface area contributed by atoms with Crippen LogP contribution in [0.15, 0.2) is 39.9 Å². The molecule has 0 bridgehead atoms. The van der Waals surface area contributed by atoms with Crippen molar-refractivity contribution >= 4 is 49.0 Å². The number of aromatic nitrogens is 1. The van der Waals surface area contributed by atoms with E-state index in [9.17, 15) is 13.2 Å². The number of carbonyl (C=O) groups is 1.